The third-order valence-electron chi connectivity index (χ3n) is 2.28. The largest absolute Gasteiger partial charge is 0.481 e. The number of carboxylic acids is 1. The molecule has 20 heavy (non-hydrogen) atoms. The number of carbonyl (C=O) groups is 2. The first-order chi connectivity index (χ1) is 9.11. The molecular weight excluding hydrogens is 282 g/mol. The molecule has 4 N–H and O–H groups in total. The van der Waals surface area contributed by atoms with E-state index in [9.17, 15) is 9.59 Å². The molecule has 1 amide bonds. The van der Waals surface area contributed by atoms with Crippen molar-refractivity contribution in [1.82, 2.24) is 20.1 Å². The van der Waals surface area contributed by atoms with E-state index in [2.05, 4.69) is 15.5 Å². The van der Waals surface area contributed by atoms with Crippen LogP contribution in [0.1, 0.15) is 33.7 Å². The van der Waals surface area contributed by atoms with Crippen LogP contribution >= 0.6 is 11.8 Å². The maximum Gasteiger partial charge on any atom is 0.313 e. The quantitative estimate of drug-likeness (QED) is 0.677. The molecule has 1 aromatic rings. The molecule has 1 atom stereocenters. The van der Waals surface area contributed by atoms with E-state index in [4.69, 9.17) is 10.8 Å². The molecule has 0 saturated heterocycles. The molecule has 0 saturated carbocycles. The summed E-state index contributed by atoms with van der Waals surface area (Å²) in [6.45, 7) is 7.26. The summed E-state index contributed by atoms with van der Waals surface area (Å²) >= 11 is 0.970. The Hall–Kier alpha value is -1.77. The highest BCUT2D eigenvalue weighted by molar-refractivity contribution is 7.99. The second kappa shape index (κ2) is 6.12. The lowest BCUT2D eigenvalue weighted by Crippen LogP contribution is -2.44. The Bertz CT molecular complexity index is 509. The van der Waals surface area contributed by atoms with Crippen LogP contribution in [-0.4, -0.2) is 43.0 Å². The smallest absolute Gasteiger partial charge is 0.313 e. The van der Waals surface area contributed by atoms with Crippen molar-refractivity contribution in [2.24, 2.45) is 0 Å². The number of nitrogens with zero attached hydrogens (tertiary/aromatic N) is 3. The molecular formula is C11H19N5O3S. The first-order valence-electron chi connectivity index (χ1n) is 5.99. The number of anilines is 1. The van der Waals surface area contributed by atoms with Crippen LogP contribution in [0.5, 0.6) is 0 Å². The molecule has 9 heteroatoms. The lowest BCUT2D eigenvalue weighted by molar-refractivity contribution is -0.134. The van der Waals surface area contributed by atoms with E-state index >= 15 is 0 Å². The van der Waals surface area contributed by atoms with E-state index in [1.54, 1.807) is 6.92 Å². The molecule has 0 aliphatic heterocycles. The van der Waals surface area contributed by atoms with Gasteiger partial charge in [0.05, 0.1) is 5.75 Å². The van der Waals surface area contributed by atoms with Gasteiger partial charge in [-0.05, 0) is 27.7 Å². The Kier molecular flexibility index (Phi) is 4.98. The number of carbonyl (C=O) groups excluding carboxylic acids is 1. The van der Waals surface area contributed by atoms with Crippen molar-refractivity contribution in [3.63, 3.8) is 0 Å². The molecule has 1 unspecified atom stereocenters. The number of aliphatic carboxylic acids is 1. The Morgan fingerprint density at radius 1 is 1.45 bits per heavy atom. The molecule has 0 aromatic carbocycles. The third kappa shape index (κ3) is 4.41. The SMILES string of the molecule is CC(C(=O)NC(C)(C)C)n1c(N)nnc1SCC(=O)O. The van der Waals surface area contributed by atoms with Gasteiger partial charge in [0, 0.05) is 5.54 Å². The van der Waals surface area contributed by atoms with Gasteiger partial charge in [0.25, 0.3) is 0 Å². The van der Waals surface area contributed by atoms with E-state index in [-0.39, 0.29) is 23.1 Å². The number of nitrogen functional groups attached to an aromatic ring is 1. The summed E-state index contributed by atoms with van der Waals surface area (Å²) < 4.78 is 1.43. The number of amides is 1. The second-order valence-electron chi connectivity index (χ2n) is 5.31. The van der Waals surface area contributed by atoms with E-state index in [1.807, 2.05) is 20.8 Å². The second-order valence-corrected chi connectivity index (χ2v) is 6.25. The summed E-state index contributed by atoms with van der Waals surface area (Å²) in [5.74, 6) is -1.31. The minimum atomic E-state index is -0.977. The van der Waals surface area contributed by atoms with Gasteiger partial charge in [0.1, 0.15) is 6.04 Å². The fourth-order valence-electron chi connectivity index (χ4n) is 1.47. The fraction of sp³-hybridized carbons (Fsp3) is 0.636. The average molecular weight is 301 g/mol. The van der Waals surface area contributed by atoms with Gasteiger partial charge in [-0.2, -0.15) is 0 Å². The molecule has 0 radical (unpaired) electrons. The van der Waals surface area contributed by atoms with Gasteiger partial charge in [-0.25, -0.2) is 0 Å². The molecule has 1 rings (SSSR count). The van der Waals surface area contributed by atoms with Gasteiger partial charge in [0.2, 0.25) is 11.9 Å². The number of nitrogens with one attached hydrogen (secondary N) is 1. The summed E-state index contributed by atoms with van der Waals surface area (Å²) in [7, 11) is 0. The van der Waals surface area contributed by atoms with Crippen molar-refractivity contribution in [3.8, 4) is 0 Å². The van der Waals surface area contributed by atoms with Crippen molar-refractivity contribution in [2.45, 2.75) is 44.4 Å². The minimum absolute atomic E-state index is 0.0782. The highest BCUT2D eigenvalue weighted by Crippen LogP contribution is 2.23. The minimum Gasteiger partial charge on any atom is -0.481 e. The maximum atomic E-state index is 12.1. The van der Waals surface area contributed by atoms with E-state index in [1.165, 1.54) is 4.57 Å². The van der Waals surface area contributed by atoms with Crippen LogP contribution in [0.15, 0.2) is 5.16 Å². The van der Waals surface area contributed by atoms with Gasteiger partial charge >= 0.3 is 5.97 Å². The third-order valence-corrected chi connectivity index (χ3v) is 3.21. The monoisotopic (exact) mass is 301 g/mol. The number of rotatable bonds is 5. The zero-order valence-corrected chi connectivity index (χ0v) is 12.7. The highest BCUT2D eigenvalue weighted by Gasteiger charge is 2.25. The van der Waals surface area contributed by atoms with Gasteiger partial charge in [0.15, 0.2) is 5.16 Å². The molecule has 0 fully saturated rings. The molecule has 0 aliphatic carbocycles. The van der Waals surface area contributed by atoms with Crippen LogP contribution in [-0.2, 0) is 9.59 Å². The van der Waals surface area contributed by atoms with Crippen molar-refractivity contribution >= 4 is 29.6 Å². The summed E-state index contributed by atoms with van der Waals surface area (Å²) in [5.41, 5.74) is 5.33. The van der Waals surface area contributed by atoms with Gasteiger partial charge in [-0.3, -0.25) is 14.2 Å². The molecule has 0 spiro atoms. The summed E-state index contributed by atoms with van der Waals surface area (Å²) in [5, 5.41) is 19.3. The van der Waals surface area contributed by atoms with Gasteiger partial charge < -0.3 is 16.2 Å². The van der Waals surface area contributed by atoms with E-state index in [0.717, 1.165) is 11.8 Å². The van der Waals surface area contributed by atoms with Gasteiger partial charge in [-0.15, -0.1) is 10.2 Å². The number of nitrogens with two attached hydrogens (primary N) is 1. The highest BCUT2D eigenvalue weighted by atomic mass is 32.2. The number of carboxylic acid groups (broad SMARTS) is 1. The summed E-state index contributed by atoms with van der Waals surface area (Å²) in [6, 6.07) is -0.625. The first kappa shape index (κ1) is 16.3. The Morgan fingerprint density at radius 2 is 2.05 bits per heavy atom. The Labute approximate surface area is 121 Å². The lowest BCUT2D eigenvalue weighted by Gasteiger charge is -2.24. The predicted octanol–water partition coefficient (Wildman–Crippen LogP) is 0.513. The molecule has 112 valence electrons. The predicted molar refractivity (Wildman–Crippen MR) is 75.4 cm³/mol. The topological polar surface area (TPSA) is 123 Å². The molecule has 8 nitrogen and oxygen atoms in total. The van der Waals surface area contributed by atoms with E-state index < -0.39 is 12.0 Å². The lowest BCUT2D eigenvalue weighted by atomic mass is 10.1. The normalized spacial score (nSPS) is 13.0. The van der Waals surface area contributed by atoms with Crippen LogP contribution in [0.3, 0.4) is 0 Å². The Morgan fingerprint density at radius 3 is 2.55 bits per heavy atom. The van der Waals surface area contributed by atoms with Crippen molar-refractivity contribution in [3.05, 3.63) is 0 Å². The van der Waals surface area contributed by atoms with Crippen molar-refractivity contribution < 1.29 is 14.7 Å². The summed E-state index contributed by atoms with van der Waals surface area (Å²) in [6.07, 6.45) is 0. The molecule has 0 bridgehead atoms. The first-order valence-corrected chi connectivity index (χ1v) is 6.97. The van der Waals surface area contributed by atoms with Crippen LogP contribution in [0, 0.1) is 0 Å². The number of thioether (sulfide) groups is 1. The number of hydrogen-bond donors (Lipinski definition) is 3. The van der Waals surface area contributed by atoms with Crippen LogP contribution in [0.4, 0.5) is 5.95 Å². The Balaban J connectivity index is 2.91. The van der Waals surface area contributed by atoms with Crippen molar-refractivity contribution in [1.29, 1.82) is 0 Å². The standard InChI is InChI=1S/C11H19N5O3S/c1-6(8(19)13-11(2,3)4)16-9(12)14-15-10(16)20-5-7(17)18/h6H,5H2,1-4H3,(H2,12,14)(H,13,19)(H,17,18). The zero-order chi connectivity index (χ0) is 15.5. The van der Waals surface area contributed by atoms with Gasteiger partial charge in [-0.1, -0.05) is 11.8 Å². The number of hydrogen-bond acceptors (Lipinski definition) is 6. The summed E-state index contributed by atoms with van der Waals surface area (Å²) in [4.78, 5) is 22.7. The van der Waals surface area contributed by atoms with Crippen molar-refractivity contribution in [2.75, 3.05) is 11.5 Å². The van der Waals surface area contributed by atoms with Crippen LogP contribution < -0.4 is 11.1 Å². The van der Waals surface area contributed by atoms with Crippen LogP contribution in [0.25, 0.3) is 0 Å². The number of aromatic nitrogens is 3. The van der Waals surface area contributed by atoms with Crippen LogP contribution in [0.2, 0.25) is 0 Å². The molecule has 1 heterocycles. The molecule has 0 aliphatic rings. The zero-order valence-electron chi connectivity index (χ0n) is 11.9. The maximum absolute atomic E-state index is 12.1. The fourth-order valence-corrected chi connectivity index (χ4v) is 2.21. The average Bonchev–Trinajstić information content (AvgIpc) is 2.64. The molecule has 1 aromatic heterocycles. The van der Waals surface area contributed by atoms with E-state index in [0.29, 0.717) is 5.16 Å².